The molecule has 110 valence electrons. The molecule has 0 saturated heterocycles. The van der Waals surface area contributed by atoms with Crippen molar-refractivity contribution in [2.75, 3.05) is 0 Å². The fraction of sp³-hybridized carbons (Fsp3) is 0.429. The second kappa shape index (κ2) is 7.38. The number of halogens is 2. The van der Waals surface area contributed by atoms with E-state index in [0.717, 1.165) is 0 Å². The third kappa shape index (κ3) is 4.92. The van der Waals surface area contributed by atoms with Gasteiger partial charge in [-0.25, -0.2) is 4.39 Å². The highest BCUT2D eigenvalue weighted by Gasteiger charge is 2.22. The summed E-state index contributed by atoms with van der Waals surface area (Å²) >= 11 is 3.17. The maximum Gasteiger partial charge on any atom is 0.243 e. The Morgan fingerprint density at radius 2 is 2.00 bits per heavy atom. The number of rotatable bonds is 5. The van der Waals surface area contributed by atoms with Crippen LogP contribution in [-0.2, 0) is 16.1 Å². The predicted octanol–water partition coefficient (Wildman–Crippen LogP) is 2.37. The second-order valence-corrected chi connectivity index (χ2v) is 5.79. The molecule has 2 amide bonds. The average molecular weight is 345 g/mol. The summed E-state index contributed by atoms with van der Waals surface area (Å²) in [5, 5.41) is 5.22. The van der Waals surface area contributed by atoms with Gasteiger partial charge < -0.3 is 10.6 Å². The van der Waals surface area contributed by atoms with Crippen LogP contribution in [0.25, 0.3) is 0 Å². The summed E-state index contributed by atoms with van der Waals surface area (Å²) < 4.78 is 14.3. The maximum atomic E-state index is 13.6. The molecule has 0 aliphatic rings. The molecular formula is C14H18BrFN2O2. The number of amides is 2. The van der Waals surface area contributed by atoms with E-state index in [0.29, 0.717) is 10.0 Å². The highest BCUT2D eigenvalue weighted by atomic mass is 79.9. The van der Waals surface area contributed by atoms with Gasteiger partial charge in [-0.05, 0) is 18.1 Å². The average Bonchev–Trinajstić information content (AvgIpc) is 2.34. The van der Waals surface area contributed by atoms with Crippen molar-refractivity contribution in [1.82, 2.24) is 10.6 Å². The Morgan fingerprint density at radius 1 is 1.35 bits per heavy atom. The van der Waals surface area contributed by atoms with Crippen molar-refractivity contribution in [2.45, 2.75) is 33.4 Å². The summed E-state index contributed by atoms with van der Waals surface area (Å²) in [6, 6.07) is 4.03. The van der Waals surface area contributed by atoms with Gasteiger partial charge in [-0.2, -0.15) is 0 Å². The van der Waals surface area contributed by atoms with Crippen LogP contribution in [0.2, 0.25) is 0 Å². The largest absolute Gasteiger partial charge is 0.350 e. The Labute approximate surface area is 126 Å². The quantitative estimate of drug-likeness (QED) is 0.861. The van der Waals surface area contributed by atoms with Crippen molar-refractivity contribution in [3.63, 3.8) is 0 Å². The van der Waals surface area contributed by atoms with Gasteiger partial charge in [0.2, 0.25) is 11.8 Å². The highest BCUT2D eigenvalue weighted by Crippen LogP contribution is 2.15. The molecule has 1 aromatic rings. The zero-order valence-corrected chi connectivity index (χ0v) is 13.3. The lowest BCUT2D eigenvalue weighted by molar-refractivity contribution is -0.129. The van der Waals surface area contributed by atoms with Crippen molar-refractivity contribution in [2.24, 2.45) is 5.92 Å². The van der Waals surface area contributed by atoms with Crippen LogP contribution in [0.5, 0.6) is 0 Å². The third-order valence-electron chi connectivity index (χ3n) is 2.78. The molecule has 0 saturated carbocycles. The summed E-state index contributed by atoms with van der Waals surface area (Å²) in [6.07, 6.45) is 0. The first-order chi connectivity index (χ1) is 9.31. The lowest BCUT2D eigenvalue weighted by Gasteiger charge is -2.21. The standard InChI is InChI=1S/C14H18BrFN2O2/c1-8(2)13(18-9(3)19)14(20)17-7-10-4-5-11(15)6-12(10)16/h4-6,8,13H,7H2,1-3H3,(H,17,20)(H,18,19)/t13-/m1/s1. The Bertz CT molecular complexity index is 506. The van der Waals surface area contributed by atoms with Gasteiger partial charge in [0.05, 0.1) is 0 Å². The molecule has 0 aliphatic heterocycles. The topological polar surface area (TPSA) is 58.2 Å². The van der Waals surface area contributed by atoms with Gasteiger partial charge >= 0.3 is 0 Å². The molecule has 4 nitrogen and oxygen atoms in total. The normalized spacial score (nSPS) is 12.1. The van der Waals surface area contributed by atoms with Gasteiger partial charge in [0.15, 0.2) is 0 Å². The van der Waals surface area contributed by atoms with Crippen molar-refractivity contribution in [3.05, 3.63) is 34.1 Å². The first kappa shape index (κ1) is 16.6. The number of carbonyl (C=O) groups excluding carboxylic acids is 2. The van der Waals surface area contributed by atoms with Crippen LogP contribution in [0.1, 0.15) is 26.3 Å². The lowest BCUT2D eigenvalue weighted by Crippen LogP contribution is -2.48. The van der Waals surface area contributed by atoms with Crippen LogP contribution in [0.15, 0.2) is 22.7 Å². The molecule has 0 bridgehead atoms. The summed E-state index contributed by atoms with van der Waals surface area (Å²) in [5.41, 5.74) is 0.395. The number of carbonyl (C=O) groups is 2. The van der Waals surface area contributed by atoms with Gasteiger partial charge in [0.1, 0.15) is 11.9 Å². The lowest BCUT2D eigenvalue weighted by atomic mass is 10.0. The number of nitrogens with one attached hydrogen (secondary N) is 2. The molecule has 0 spiro atoms. The van der Waals surface area contributed by atoms with Crippen LogP contribution in [0.4, 0.5) is 4.39 Å². The van der Waals surface area contributed by atoms with Crippen molar-refractivity contribution < 1.29 is 14.0 Å². The van der Waals surface area contributed by atoms with Crippen LogP contribution >= 0.6 is 15.9 Å². The Balaban J connectivity index is 2.67. The SMILES string of the molecule is CC(=O)N[C@@H](C(=O)NCc1ccc(Br)cc1F)C(C)C. The Morgan fingerprint density at radius 3 is 2.50 bits per heavy atom. The molecule has 0 fully saturated rings. The smallest absolute Gasteiger partial charge is 0.243 e. The molecule has 0 radical (unpaired) electrons. The number of hydrogen-bond acceptors (Lipinski definition) is 2. The number of benzene rings is 1. The molecule has 20 heavy (non-hydrogen) atoms. The molecular weight excluding hydrogens is 327 g/mol. The van der Waals surface area contributed by atoms with Crippen molar-refractivity contribution >= 4 is 27.7 Å². The van der Waals surface area contributed by atoms with E-state index < -0.39 is 6.04 Å². The van der Waals surface area contributed by atoms with Crippen molar-refractivity contribution in [1.29, 1.82) is 0 Å². The predicted molar refractivity (Wildman–Crippen MR) is 78.4 cm³/mol. The van der Waals surface area contributed by atoms with E-state index in [2.05, 4.69) is 26.6 Å². The van der Waals surface area contributed by atoms with Crippen LogP contribution in [0, 0.1) is 11.7 Å². The summed E-state index contributed by atoms with van der Waals surface area (Å²) in [7, 11) is 0. The minimum atomic E-state index is -0.619. The molecule has 0 aromatic heterocycles. The van der Waals surface area contributed by atoms with E-state index in [-0.39, 0.29) is 30.1 Å². The highest BCUT2D eigenvalue weighted by molar-refractivity contribution is 9.10. The summed E-state index contributed by atoms with van der Waals surface area (Å²) in [5.74, 6) is -1.03. The van der Waals surface area contributed by atoms with Gasteiger partial charge in [-0.3, -0.25) is 9.59 Å². The monoisotopic (exact) mass is 344 g/mol. The first-order valence-corrected chi connectivity index (χ1v) is 7.09. The van der Waals surface area contributed by atoms with E-state index in [1.165, 1.54) is 13.0 Å². The minimum Gasteiger partial charge on any atom is -0.350 e. The maximum absolute atomic E-state index is 13.6. The fourth-order valence-corrected chi connectivity index (χ4v) is 2.04. The minimum absolute atomic E-state index is 0.0475. The zero-order valence-electron chi connectivity index (χ0n) is 11.7. The van der Waals surface area contributed by atoms with Gasteiger partial charge in [-0.15, -0.1) is 0 Å². The van der Waals surface area contributed by atoms with E-state index in [1.807, 2.05) is 13.8 Å². The molecule has 1 aromatic carbocycles. The van der Waals surface area contributed by atoms with Gasteiger partial charge in [0, 0.05) is 23.5 Å². The molecule has 1 rings (SSSR count). The zero-order chi connectivity index (χ0) is 15.3. The number of hydrogen-bond donors (Lipinski definition) is 2. The van der Waals surface area contributed by atoms with E-state index >= 15 is 0 Å². The molecule has 0 heterocycles. The fourth-order valence-electron chi connectivity index (χ4n) is 1.71. The van der Waals surface area contributed by atoms with E-state index in [9.17, 15) is 14.0 Å². The molecule has 0 aliphatic carbocycles. The van der Waals surface area contributed by atoms with Crippen LogP contribution < -0.4 is 10.6 Å². The molecule has 0 unspecified atom stereocenters. The van der Waals surface area contributed by atoms with Crippen LogP contribution in [-0.4, -0.2) is 17.9 Å². The molecule has 1 atom stereocenters. The molecule has 2 N–H and O–H groups in total. The Kier molecular flexibility index (Phi) is 6.13. The van der Waals surface area contributed by atoms with E-state index in [1.54, 1.807) is 12.1 Å². The summed E-state index contributed by atoms with van der Waals surface area (Å²) in [4.78, 5) is 23.1. The first-order valence-electron chi connectivity index (χ1n) is 6.30. The third-order valence-corrected chi connectivity index (χ3v) is 3.27. The van der Waals surface area contributed by atoms with Gasteiger partial charge in [-0.1, -0.05) is 35.8 Å². The van der Waals surface area contributed by atoms with Crippen LogP contribution in [0.3, 0.4) is 0 Å². The molecule has 6 heteroatoms. The van der Waals surface area contributed by atoms with Crippen molar-refractivity contribution in [3.8, 4) is 0 Å². The van der Waals surface area contributed by atoms with Gasteiger partial charge in [0.25, 0.3) is 0 Å². The van der Waals surface area contributed by atoms with E-state index in [4.69, 9.17) is 0 Å². The summed E-state index contributed by atoms with van der Waals surface area (Å²) in [6.45, 7) is 5.11. The second-order valence-electron chi connectivity index (χ2n) is 4.88. The Hall–Kier alpha value is -1.43.